The van der Waals surface area contributed by atoms with Gasteiger partial charge in [0, 0.05) is 11.3 Å². The van der Waals surface area contributed by atoms with Crippen molar-refractivity contribution in [3.05, 3.63) is 29.8 Å². The second kappa shape index (κ2) is 5.93. The number of hydrogen-bond acceptors (Lipinski definition) is 4. The van der Waals surface area contributed by atoms with E-state index in [-0.39, 0.29) is 5.78 Å². The summed E-state index contributed by atoms with van der Waals surface area (Å²) < 4.78 is 27.1. The zero-order valence-corrected chi connectivity index (χ0v) is 12.2. The summed E-state index contributed by atoms with van der Waals surface area (Å²) in [6.45, 7) is 1.43. The monoisotopic (exact) mass is 297 g/mol. The molecule has 0 aromatic heterocycles. The zero-order chi connectivity index (χ0) is 14.8. The van der Waals surface area contributed by atoms with Crippen LogP contribution in [-0.4, -0.2) is 30.7 Å². The highest BCUT2D eigenvalue weighted by atomic mass is 32.2. The lowest BCUT2D eigenvalue weighted by Crippen LogP contribution is -2.40. The third-order valence-corrected chi connectivity index (χ3v) is 5.46. The summed E-state index contributed by atoms with van der Waals surface area (Å²) >= 11 is 0. The summed E-state index contributed by atoms with van der Waals surface area (Å²) in [4.78, 5) is 11.3. The number of carbonyl (C=O) groups excluding carboxylic acids is 1. The van der Waals surface area contributed by atoms with Gasteiger partial charge >= 0.3 is 0 Å². The Bertz CT molecular complexity index is 597. The molecule has 1 aliphatic rings. The number of aliphatic hydroxyl groups excluding tert-OH is 1. The number of hydrogen-bond donors (Lipinski definition) is 2. The van der Waals surface area contributed by atoms with E-state index in [1.807, 2.05) is 0 Å². The molecule has 1 fully saturated rings. The number of Topliss-reactive ketones (excluding diaryl/α,β-unsaturated/α-hetero) is 1. The maximum Gasteiger partial charge on any atom is 0.238 e. The van der Waals surface area contributed by atoms with Crippen molar-refractivity contribution >= 4 is 21.5 Å². The Labute approximate surface area is 119 Å². The van der Waals surface area contributed by atoms with E-state index in [2.05, 4.69) is 4.72 Å². The van der Waals surface area contributed by atoms with E-state index in [9.17, 15) is 18.3 Å². The molecule has 2 rings (SSSR count). The summed E-state index contributed by atoms with van der Waals surface area (Å²) in [7, 11) is -3.64. The SMILES string of the molecule is CC(=O)c1cccc(NS(=O)(=O)C2CCCCC2O)c1. The number of carbonyl (C=O) groups is 1. The fourth-order valence-electron chi connectivity index (χ4n) is 2.48. The van der Waals surface area contributed by atoms with Crippen LogP contribution in [0.1, 0.15) is 43.0 Å². The average Bonchev–Trinajstić information content (AvgIpc) is 2.38. The lowest BCUT2D eigenvalue weighted by Gasteiger charge is -2.27. The van der Waals surface area contributed by atoms with Gasteiger partial charge in [-0.25, -0.2) is 8.42 Å². The van der Waals surface area contributed by atoms with Crippen molar-refractivity contribution in [1.82, 2.24) is 0 Å². The maximum absolute atomic E-state index is 12.3. The Morgan fingerprint density at radius 2 is 2.00 bits per heavy atom. The van der Waals surface area contributed by atoms with Gasteiger partial charge in [-0.1, -0.05) is 25.0 Å². The first kappa shape index (κ1) is 15.0. The Morgan fingerprint density at radius 1 is 1.30 bits per heavy atom. The van der Waals surface area contributed by atoms with E-state index >= 15 is 0 Å². The van der Waals surface area contributed by atoms with Crippen LogP contribution in [0.25, 0.3) is 0 Å². The van der Waals surface area contributed by atoms with Gasteiger partial charge < -0.3 is 5.11 Å². The molecule has 1 saturated carbocycles. The molecule has 0 radical (unpaired) electrons. The van der Waals surface area contributed by atoms with E-state index < -0.39 is 21.4 Å². The fraction of sp³-hybridized carbons (Fsp3) is 0.500. The molecule has 2 atom stereocenters. The Morgan fingerprint density at radius 3 is 2.65 bits per heavy atom. The quantitative estimate of drug-likeness (QED) is 0.832. The van der Waals surface area contributed by atoms with Crippen LogP contribution < -0.4 is 4.72 Å². The van der Waals surface area contributed by atoms with E-state index in [0.29, 0.717) is 24.1 Å². The molecular weight excluding hydrogens is 278 g/mol. The third kappa shape index (κ3) is 3.37. The summed E-state index contributed by atoms with van der Waals surface area (Å²) in [5.74, 6) is -0.122. The molecule has 0 spiro atoms. The van der Waals surface area contributed by atoms with Gasteiger partial charge in [0.1, 0.15) is 5.25 Å². The van der Waals surface area contributed by atoms with Crippen molar-refractivity contribution in [2.75, 3.05) is 4.72 Å². The van der Waals surface area contributed by atoms with E-state index in [0.717, 1.165) is 12.8 Å². The molecule has 5 nitrogen and oxygen atoms in total. The molecule has 1 aromatic carbocycles. The minimum absolute atomic E-state index is 0.122. The van der Waals surface area contributed by atoms with Crippen LogP contribution in [0, 0.1) is 0 Å². The molecule has 0 aliphatic heterocycles. The molecule has 1 aliphatic carbocycles. The number of ketones is 1. The molecule has 0 amide bonds. The molecule has 2 N–H and O–H groups in total. The van der Waals surface area contributed by atoms with Crippen LogP contribution in [0.15, 0.2) is 24.3 Å². The number of anilines is 1. The van der Waals surface area contributed by atoms with Crippen LogP contribution in [0.5, 0.6) is 0 Å². The van der Waals surface area contributed by atoms with Gasteiger partial charge in [0.15, 0.2) is 5.78 Å². The van der Waals surface area contributed by atoms with Gasteiger partial charge in [0.2, 0.25) is 10.0 Å². The van der Waals surface area contributed by atoms with E-state index in [1.165, 1.54) is 13.0 Å². The van der Waals surface area contributed by atoms with Crippen LogP contribution >= 0.6 is 0 Å². The second-order valence-corrected chi connectivity index (χ2v) is 7.07. The molecular formula is C14H19NO4S. The molecule has 0 heterocycles. The Kier molecular flexibility index (Phi) is 4.45. The van der Waals surface area contributed by atoms with Crippen molar-refractivity contribution in [2.45, 2.75) is 44.0 Å². The summed E-state index contributed by atoms with van der Waals surface area (Å²) in [6, 6.07) is 6.37. The van der Waals surface area contributed by atoms with Gasteiger partial charge in [-0.3, -0.25) is 9.52 Å². The fourth-order valence-corrected chi connectivity index (χ4v) is 4.11. The van der Waals surface area contributed by atoms with Crippen molar-refractivity contribution < 1.29 is 18.3 Å². The van der Waals surface area contributed by atoms with Gasteiger partial charge in [-0.2, -0.15) is 0 Å². The minimum atomic E-state index is -3.64. The summed E-state index contributed by atoms with van der Waals surface area (Å²) in [5, 5.41) is 9.07. The Balaban J connectivity index is 2.19. The molecule has 2 unspecified atom stereocenters. The van der Waals surface area contributed by atoms with Gasteiger partial charge in [0.05, 0.1) is 6.10 Å². The van der Waals surface area contributed by atoms with Crippen molar-refractivity contribution in [1.29, 1.82) is 0 Å². The smallest absolute Gasteiger partial charge is 0.238 e. The zero-order valence-electron chi connectivity index (χ0n) is 11.4. The van der Waals surface area contributed by atoms with Crippen LogP contribution in [0.4, 0.5) is 5.69 Å². The lowest BCUT2D eigenvalue weighted by molar-refractivity contribution is 0.101. The van der Waals surface area contributed by atoms with Gasteiger partial charge in [-0.15, -0.1) is 0 Å². The van der Waals surface area contributed by atoms with E-state index in [4.69, 9.17) is 0 Å². The maximum atomic E-state index is 12.3. The first-order valence-electron chi connectivity index (χ1n) is 6.71. The van der Waals surface area contributed by atoms with Crippen molar-refractivity contribution in [3.63, 3.8) is 0 Å². The van der Waals surface area contributed by atoms with Crippen LogP contribution in [-0.2, 0) is 10.0 Å². The van der Waals surface area contributed by atoms with Gasteiger partial charge in [0.25, 0.3) is 0 Å². The number of benzene rings is 1. The summed E-state index contributed by atoms with van der Waals surface area (Å²) in [6.07, 6.45) is 1.81. The highest BCUT2D eigenvalue weighted by molar-refractivity contribution is 7.93. The predicted octanol–water partition coefficient (Wildman–Crippen LogP) is 1.93. The number of nitrogens with one attached hydrogen (secondary N) is 1. The predicted molar refractivity (Wildman–Crippen MR) is 77.3 cm³/mol. The lowest BCUT2D eigenvalue weighted by atomic mass is 9.97. The van der Waals surface area contributed by atoms with Crippen LogP contribution in [0.3, 0.4) is 0 Å². The number of sulfonamides is 1. The first-order chi connectivity index (χ1) is 9.40. The highest BCUT2D eigenvalue weighted by Crippen LogP contribution is 2.26. The van der Waals surface area contributed by atoms with E-state index in [1.54, 1.807) is 18.2 Å². The third-order valence-electron chi connectivity index (χ3n) is 3.60. The highest BCUT2D eigenvalue weighted by Gasteiger charge is 2.34. The largest absolute Gasteiger partial charge is 0.392 e. The molecule has 0 saturated heterocycles. The number of rotatable bonds is 4. The van der Waals surface area contributed by atoms with Gasteiger partial charge in [-0.05, 0) is 31.9 Å². The second-order valence-electron chi connectivity index (χ2n) is 5.17. The summed E-state index contributed by atoms with van der Waals surface area (Å²) in [5.41, 5.74) is 0.810. The number of aliphatic hydroxyl groups is 1. The van der Waals surface area contributed by atoms with Crippen LogP contribution in [0.2, 0.25) is 0 Å². The molecule has 6 heteroatoms. The standard InChI is InChI=1S/C14H19NO4S/c1-10(16)11-5-4-6-12(9-11)15-20(18,19)14-8-3-2-7-13(14)17/h4-6,9,13-15,17H,2-3,7-8H2,1H3. The van der Waals surface area contributed by atoms with Crippen molar-refractivity contribution in [2.24, 2.45) is 0 Å². The Hall–Kier alpha value is -1.40. The average molecular weight is 297 g/mol. The topological polar surface area (TPSA) is 83.5 Å². The molecule has 110 valence electrons. The minimum Gasteiger partial charge on any atom is -0.392 e. The molecule has 0 bridgehead atoms. The van der Waals surface area contributed by atoms with Crippen molar-refractivity contribution in [3.8, 4) is 0 Å². The normalized spacial score (nSPS) is 23.3. The molecule has 20 heavy (non-hydrogen) atoms. The molecule has 1 aromatic rings. The first-order valence-corrected chi connectivity index (χ1v) is 8.25.